The van der Waals surface area contributed by atoms with Crippen molar-refractivity contribution in [3.05, 3.63) is 0 Å². The van der Waals surface area contributed by atoms with E-state index in [1.165, 1.54) is 25.7 Å². The predicted octanol–water partition coefficient (Wildman–Crippen LogP) is 4.12. The zero-order valence-electron chi connectivity index (χ0n) is 8.41. The molecule has 0 atom stereocenters. The van der Waals surface area contributed by atoms with Crippen molar-refractivity contribution < 1.29 is 0 Å². The summed E-state index contributed by atoms with van der Waals surface area (Å²) in [7, 11) is 0. The summed E-state index contributed by atoms with van der Waals surface area (Å²) in [6, 6.07) is 0. The van der Waals surface area contributed by atoms with Crippen molar-refractivity contribution >= 4 is 31.9 Å². The van der Waals surface area contributed by atoms with Gasteiger partial charge < -0.3 is 0 Å². The fourth-order valence-corrected chi connectivity index (χ4v) is 1.62. The van der Waals surface area contributed by atoms with Crippen molar-refractivity contribution in [2.45, 2.75) is 38.5 Å². The molecular weight excluding hydrogens is 304 g/mol. The molecule has 0 aliphatic carbocycles. The number of unbranched alkanes of at least 4 members (excludes halogenated alkanes) is 4. The molecule has 0 aliphatic heterocycles. The Morgan fingerprint density at radius 2 is 1.07 bits per heavy atom. The molecule has 0 unspecified atom stereocenters. The van der Waals surface area contributed by atoms with Crippen molar-refractivity contribution in [1.82, 2.24) is 0 Å². The molecular formula is C12H16Br2. The van der Waals surface area contributed by atoms with Crippen LogP contribution in [0.4, 0.5) is 0 Å². The highest BCUT2D eigenvalue weighted by molar-refractivity contribution is 9.09. The highest BCUT2D eigenvalue weighted by atomic mass is 79.9. The van der Waals surface area contributed by atoms with E-state index in [1.807, 2.05) is 0 Å². The van der Waals surface area contributed by atoms with Crippen LogP contribution in [0.2, 0.25) is 0 Å². The molecule has 0 amide bonds. The molecule has 0 aromatic carbocycles. The first-order valence-corrected chi connectivity index (χ1v) is 7.23. The Kier molecular flexibility index (Phi) is 13.2. The third-order valence-corrected chi connectivity index (χ3v) is 2.73. The number of halogens is 2. The van der Waals surface area contributed by atoms with Crippen molar-refractivity contribution in [3.63, 3.8) is 0 Å². The molecule has 78 valence electrons. The lowest BCUT2D eigenvalue weighted by Crippen LogP contribution is -1.74. The van der Waals surface area contributed by atoms with Gasteiger partial charge in [0, 0.05) is 23.5 Å². The van der Waals surface area contributed by atoms with Crippen molar-refractivity contribution in [3.8, 4) is 23.7 Å². The third kappa shape index (κ3) is 12.1. The van der Waals surface area contributed by atoms with Crippen molar-refractivity contribution in [1.29, 1.82) is 0 Å². The maximum absolute atomic E-state index is 3.39. The van der Waals surface area contributed by atoms with Crippen LogP contribution in [0.15, 0.2) is 0 Å². The van der Waals surface area contributed by atoms with Gasteiger partial charge >= 0.3 is 0 Å². The van der Waals surface area contributed by atoms with Gasteiger partial charge in [-0.15, -0.1) is 0 Å². The summed E-state index contributed by atoms with van der Waals surface area (Å²) in [5.41, 5.74) is 0. The Hall–Kier alpha value is 0.0800. The SMILES string of the molecule is BrCCCCC#CC#CCCCCBr. The zero-order valence-corrected chi connectivity index (χ0v) is 11.6. The van der Waals surface area contributed by atoms with E-state index < -0.39 is 0 Å². The fraction of sp³-hybridized carbons (Fsp3) is 0.667. The highest BCUT2D eigenvalue weighted by Gasteiger charge is 1.81. The van der Waals surface area contributed by atoms with E-state index in [1.54, 1.807) is 0 Å². The minimum absolute atomic E-state index is 0.974. The highest BCUT2D eigenvalue weighted by Crippen LogP contribution is 1.97. The Morgan fingerprint density at radius 3 is 1.43 bits per heavy atom. The van der Waals surface area contributed by atoms with Crippen LogP contribution in [0.25, 0.3) is 0 Å². The lowest BCUT2D eigenvalue weighted by atomic mass is 10.2. The Morgan fingerprint density at radius 1 is 0.643 bits per heavy atom. The quantitative estimate of drug-likeness (QED) is 0.392. The standard InChI is InChI=1S/C12H16Br2/c13-11-9-7-5-3-1-2-4-6-8-10-12-14/h5-12H2. The molecule has 0 heterocycles. The second-order valence-electron chi connectivity index (χ2n) is 2.90. The molecule has 0 N–H and O–H groups in total. The molecule has 0 saturated carbocycles. The van der Waals surface area contributed by atoms with Crippen LogP contribution in [0, 0.1) is 23.7 Å². The summed E-state index contributed by atoms with van der Waals surface area (Å²) in [4.78, 5) is 0. The van der Waals surface area contributed by atoms with Crippen molar-refractivity contribution in [2.24, 2.45) is 0 Å². The number of hydrogen-bond acceptors (Lipinski definition) is 0. The van der Waals surface area contributed by atoms with Crippen molar-refractivity contribution in [2.75, 3.05) is 10.7 Å². The molecule has 0 bridgehead atoms. The largest absolute Gasteiger partial charge is 0.0928 e. The van der Waals surface area contributed by atoms with Crippen LogP contribution in [-0.4, -0.2) is 10.7 Å². The molecule has 0 aromatic heterocycles. The average molecular weight is 320 g/mol. The van der Waals surface area contributed by atoms with Gasteiger partial charge in [-0.05, 0) is 37.5 Å². The van der Waals surface area contributed by atoms with Gasteiger partial charge in [0.15, 0.2) is 0 Å². The maximum atomic E-state index is 3.39. The van der Waals surface area contributed by atoms with E-state index in [9.17, 15) is 0 Å². The van der Waals surface area contributed by atoms with Gasteiger partial charge in [0.25, 0.3) is 0 Å². The second-order valence-corrected chi connectivity index (χ2v) is 4.48. The molecule has 0 radical (unpaired) electrons. The van der Waals surface area contributed by atoms with Crippen LogP contribution >= 0.6 is 31.9 Å². The predicted molar refractivity (Wildman–Crippen MR) is 70.8 cm³/mol. The lowest BCUT2D eigenvalue weighted by molar-refractivity contribution is 0.840. The van der Waals surface area contributed by atoms with Gasteiger partial charge in [0.2, 0.25) is 0 Å². The zero-order chi connectivity index (χ0) is 10.5. The van der Waals surface area contributed by atoms with Gasteiger partial charge in [-0.3, -0.25) is 0 Å². The minimum Gasteiger partial charge on any atom is -0.0928 e. The van der Waals surface area contributed by atoms with Gasteiger partial charge in [-0.1, -0.05) is 43.7 Å². The summed E-state index contributed by atoms with van der Waals surface area (Å²) in [5.74, 6) is 11.9. The molecule has 2 heteroatoms. The van der Waals surface area contributed by atoms with Gasteiger partial charge in [-0.2, -0.15) is 0 Å². The van der Waals surface area contributed by atoms with E-state index in [-0.39, 0.29) is 0 Å². The molecule has 0 aliphatic rings. The molecule has 0 fully saturated rings. The number of hydrogen-bond donors (Lipinski definition) is 0. The lowest BCUT2D eigenvalue weighted by Gasteiger charge is -1.86. The first-order valence-electron chi connectivity index (χ1n) is 4.99. The van der Waals surface area contributed by atoms with E-state index >= 15 is 0 Å². The summed E-state index contributed by atoms with van der Waals surface area (Å²) in [6.45, 7) is 0. The maximum Gasteiger partial charge on any atom is 0.00992 e. The van der Waals surface area contributed by atoms with Crippen LogP contribution in [-0.2, 0) is 0 Å². The number of rotatable bonds is 6. The van der Waals surface area contributed by atoms with Crippen LogP contribution in [0.5, 0.6) is 0 Å². The van der Waals surface area contributed by atoms with E-state index in [2.05, 4.69) is 55.5 Å². The second kappa shape index (κ2) is 13.1. The normalized spacial score (nSPS) is 8.43. The molecule has 0 saturated heterocycles. The van der Waals surface area contributed by atoms with Crippen LogP contribution in [0.1, 0.15) is 38.5 Å². The Balaban J connectivity index is 3.29. The number of alkyl halides is 2. The van der Waals surface area contributed by atoms with Crippen LogP contribution < -0.4 is 0 Å². The minimum atomic E-state index is 0.974. The Bertz CT molecular complexity index is 198. The third-order valence-electron chi connectivity index (χ3n) is 1.61. The van der Waals surface area contributed by atoms with Gasteiger partial charge in [-0.25, -0.2) is 0 Å². The summed E-state index contributed by atoms with van der Waals surface area (Å²) in [5, 5.41) is 2.15. The fourth-order valence-electron chi connectivity index (χ4n) is 0.829. The van der Waals surface area contributed by atoms with E-state index in [4.69, 9.17) is 0 Å². The Labute approximate surface area is 104 Å². The van der Waals surface area contributed by atoms with Crippen LogP contribution in [0.3, 0.4) is 0 Å². The molecule has 0 rings (SSSR count). The summed E-state index contributed by atoms with van der Waals surface area (Å²) in [6.07, 6.45) is 6.69. The van der Waals surface area contributed by atoms with E-state index in [0.29, 0.717) is 0 Å². The first kappa shape index (κ1) is 14.1. The van der Waals surface area contributed by atoms with Gasteiger partial charge in [0.1, 0.15) is 0 Å². The average Bonchev–Trinajstić information content (AvgIpc) is 2.21. The topological polar surface area (TPSA) is 0 Å². The molecule has 0 spiro atoms. The summed E-state index contributed by atoms with van der Waals surface area (Å²) < 4.78 is 0. The van der Waals surface area contributed by atoms with E-state index in [0.717, 1.165) is 23.5 Å². The molecule has 14 heavy (non-hydrogen) atoms. The monoisotopic (exact) mass is 318 g/mol. The first-order chi connectivity index (χ1) is 6.91. The summed E-state index contributed by atoms with van der Waals surface area (Å²) >= 11 is 6.77. The molecule has 0 aromatic rings. The molecule has 0 nitrogen and oxygen atoms in total. The smallest absolute Gasteiger partial charge is 0.00992 e. The van der Waals surface area contributed by atoms with Gasteiger partial charge in [0.05, 0.1) is 0 Å².